The van der Waals surface area contributed by atoms with Crippen molar-refractivity contribution in [2.75, 3.05) is 11.0 Å². The second-order valence-electron chi connectivity index (χ2n) is 8.86. The molecular weight excluding hydrogens is 414 g/mol. The molecule has 0 spiro atoms. The van der Waals surface area contributed by atoms with Gasteiger partial charge in [-0.15, -0.1) is 0 Å². The van der Waals surface area contributed by atoms with Crippen molar-refractivity contribution in [1.82, 2.24) is 0 Å². The zero-order valence-corrected chi connectivity index (χ0v) is 20.1. The maximum absolute atomic E-state index is 11.8. The normalized spacial score (nSPS) is 17.7. The molecule has 0 fully saturated rings. The summed E-state index contributed by atoms with van der Waals surface area (Å²) in [7, 11) is -3.33. The van der Waals surface area contributed by atoms with E-state index in [-0.39, 0.29) is 0 Å². The van der Waals surface area contributed by atoms with Crippen LogP contribution in [0, 0.1) is 6.92 Å². The average molecular weight is 446 g/mol. The number of allylic oxidation sites excluding steroid dienone is 8. The minimum absolute atomic E-state index is 0.593. The Morgan fingerprint density at radius 3 is 2.62 bits per heavy atom. The first-order valence-corrected chi connectivity index (χ1v) is 13.1. The highest BCUT2D eigenvalue weighted by Crippen LogP contribution is 2.43. The van der Waals surface area contributed by atoms with Crippen LogP contribution in [0.5, 0.6) is 0 Å². The van der Waals surface area contributed by atoms with Gasteiger partial charge in [0.05, 0.1) is 6.26 Å². The Balaban J connectivity index is 2.01. The molecule has 1 N–H and O–H groups in total. The van der Waals surface area contributed by atoms with Crippen molar-refractivity contribution < 1.29 is 8.42 Å². The minimum atomic E-state index is -3.33. The number of nitrogens with one attached hydrogen (secondary N) is 1. The highest BCUT2D eigenvalue weighted by molar-refractivity contribution is 7.92. The van der Waals surface area contributed by atoms with Gasteiger partial charge >= 0.3 is 0 Å². The maximum Gasteiger partial charge on any atom is 0.229 e. The molecule has 2 aliphatic carbocycles. The van der Waals surface area contributed by atoms with Crippen molar-refractivity contribution >= 4 is 26.9 Å². The molecular formula is C28H31NO2S. The molecule has 2 aliphatic rings. The fraction of sp³-hybridized carbons (Fsp3) is 0.286. The highest BCUT2D eigenvalue weighted by atomic mass is 32.2. The van der Waals surface area contributed by atoms with Gasteiger partial charge in [-0.3, -0.25) is 4.72 Å². The van der Waals surface area contributed by atoms with E-state index in [0.717, 1.165) is 31.2 Å². The highest BCUT2D eigenvalue weighted by Gasteiger charge is 2.23. The van der Waals surface area contributed by atoms with Crippen molar-refractivity contribution in [2.45, 2.75) is 46.5 Å². The molecule has 0 heterocycles. The van der Waals surface area contributed by atoms with Crippen LogP contribution in [0.15, 0.2) is 77.4 Å². The van der Waals surface area contributed by atoms with Gasteiger partial charge in [0.25, 0.3) is 0 Å². The molecule has 0 amide bonds. The maximum atomic E-state index is 11.8. The molecule has 4 heteroatoms. The molecule has 4 rings (SSSR count). The summed E-state index contributed by atoms with van der Waals surface area (Å²) < 4.78 is 26.2. The number of fused-ring (bicyclic) bond motifs is 1. The van der Waals surface area contributed by atoms with Gasteiger partial charge in [0, 0.05) is 5.69 Å². The molecule has 3 nitrogen and oxygen atoms in total. The predicted molar refractivity (Wildman–Crippen MR) is 136 cm³/mol. The van der Waals surface area contributed by atoms with Crippen LogP contribution in [0.4, 0.5) is 5.69 Å². The van der Waals surface area contributed by atoms with E-state index in [4.69, 9.17) is 0 Å². The molecule has 0 radical (unpaired) electrons. The largest absolute Gasteiger partial charge is 0.284 e. The van der Waals surface area contributed by atoms with Crippen molar-refractivity contribution in [3.63, 3.8) is 0 Å². The van der Waals surface area contributed by atoms with E-state index in [9.17, 15) is 8.42 Å². The zero-order valence-electron chi connectivity index (χ0n) is 19.3. The van der Waals surface area contributed by atoms with E-state index in [1.54, 1.807) is 6.07 Å². The third-order valence-corrected chi connectivity index (χ3v) is 6.73. The Kier molecular flexibility index (Phi) is 6.25. The van der Waals surface area contributed by atoms with E-state index in [2.05, 4.69) is 68.0 Å². The lowest BCUT2D eigenvalue weighted by Gasteiger charge is -2.19. The number of rotatable bonds is 4. The topological polar surface area (TPSA) is 46.2 Å². The SMILES string of the molecule is CC/C(=C1\C2=C(C=C(C)CC=C2)CCc2cc(C)ccc21)c1cccc(NS(C)(=O)=O)c1. The molecule has 0 bridgehead atoms. The Morgan fingerprint density at radius 2 is 1.88 bits per heavy atom. The van der Waals surface area contributed by atoms with Gasteiger partial charge in [-0.1, -0.05) is 66.6 Å². The standard InChI is InChI=1S/C28H31NO2S/c1-5-25(21-9-7-10-24(18-21)29-32(4,30)31)28-26-11-6-8-19(2)16-22(26)13-14-23-17-20(3)12-15-27(23)28/h6-7,9-12,15-18,29H,5,8,13-14H2,1-4H3/b28-25-. The molecule has 32 heavy (non-hydrogen) atoms. The van der Waals surface area contributed by atoms with Crippen LogP contribution in [0.3, 0.4) is 0 Å². The molecule has 0 aliphatic heterocycles. The summed E-state index contributed by atoms with van der Waals surface area (Å²) in [6.07, 6.45) is 12.0. The second kappa shape index (κ2) is 8.95. The van der Waals surface area contributed by atoms with Gasteiger partial charge < -0.3 is 0 Å². The molecule has 166 valence electrons. The van der Waals surface area contributed by atoms with Crippen LogP contribution in [0.25, 0.3) is 11.1 Å². The van der Waals surface area contributed by atoms with Crippen LogP contribution in [0.1, 0.15) is 55.4 Å². The van der Waals surface area contributed by atoms with Gasteiger partial charge in [-0.2, -0.15) is 0 Å². The number of hydrogen-bond donors (Lipinski definition) is 1. The molecule has 0 saturated heterocycles. The summed E-state index contributed by atoms with van der Waals surface area (Å²) in [5.74, 6) is 0. The molecule has 2 aromatic carbocycles. The first-order valence-electron chi connectivity index (χ1n) is 11.2. The Hall–Kier alpha value is -2.85. The van der Waals surface area contributed by atoms with E-state index in [1.807, 2.05) is 12.1 Å². The van der Waals surface area contributed by atoms with Crippen LogP contribution in [-0.2, 0) is 16.4 Å². The summed E-state index contributed by atoms with van der Waals surface area (Å²) >= 11 is 0. The number of sulfonamides is 1. The molecule has 0 aromatic heterocycles. The van der Waals surface area contributed by atoms with Crippen molar-refractivity contribution in [1.29, 1.82) is 0 Å². The quantitative estimate of drug-likeness (QED) is 0.560. The first kappa shape index (κ1) is 22.3. The molecule has 2 aromatic rings. The average Bonchev–Trinajstić information content (AvgIpc) is 2.98. The number of benzene rings is 2. The summed E-state index contributed by atoms with van der Waals surface area (Å²) in [6.45, 7) is 6.53. The van der Waals surface area contributed by atoms with Gasteiger partial charge in [0.15, 0.2) is 0 Å². The number of hydrogen-bond acceptors (Lipinski definition) is 2. The Bertz CT molecular complexity index is 1290. The van der Waals surface area contributed by atoms with Gasteiger partial charge in [0.1, 0.15) is 0 Å². The fourth-order valence-electron chi connectivity index (χ4n) is 4.78. The third-order valence-electron chi connectivity index (χ3n) is 6.12. The van der Waals surface area contributed by atoms with Crippen molar-refractivity contribution in [3.8, 4) is 0 Å². The first-order chi connectivity index (χ1) is 15.2. The lowest BCUT2D eigenvalue weighted by atomic mass is 9.85. The van der Waals surface area contributed by atoms with Crippen molar-refractivity contribution in [2.24, 2.45) is 0 Å². The van der Waals surface area contributed by atoms with Crippen LogP contribution >= 0.6 is 0 Å². The zero-order chi connectivity index (χ0) is 22.9. The second-order valence-corrected chi connectivity index (χ2v) is 10.6. The Labute approximate surface area is 192 Å². The van der Waals surface area contributed by atoms with Crippen LogP contribution in [-0.4, -0.2) is 14.7 Å². The summed E-state index contributed by atoms with van der Waals surface area (Å²) in [5.41, 5.74) is 12.2. The number of anilines is 1. The minimum Gasteiger partial charge on any atom is -0.284 e. The fourth-order valence-corrected chi connectivity index (χ4v) is 5.33. The van der Waals surface area contributed by atoms with Crippen LogP contribution in [0.2, 0.25) is 0 Å². The monoisotopic (exact) mass is 445 g/mol. The predicted octanol–water partition coefficient (Wildman–Crippen LogP) is 6.84. The van der Waals surface area contributed by atoms with E-state index in [1.165, 1.54) is 50.8 Å². The summed E-state index contributed by atoms with van der Waals surface area (Å²) in [5, 5.41) is 0. The van der Waals surface area contributed by atoms with Gasteiger partial charge in [-0.05, 0) is 90.6 Å². The number of aryl methyl sites for hydroxylation is 2. The molecule has 0 saturated carbocycles. The smallest absolute Gasteiger partial charge is 0.229 e. The van der Waals surface area contributed by atoms with E-state index in [0.29, 0.717) is 5.69 Å². The lowest BCUT2D eigenvalue weighted by molar-refractivity contribution is 0.607. The van der Waals surface area contributed by atoms with Crippen molar-refractivity contribution in [3.05, 3.63) is 99.7 Å². The van der Waals surface area contributed by atoms with Gasteiger partial charge in [-0.25, -0.2) is 8.42 Å². The van der Waals surface area contributed by atoms with E-state index >= 15 is 0 Å². The molecule has 0 atom stereocenters. The lowest BCUT2D eigenvalue weighted by Crippen LogP contribution is -2.09. The van der Waals surface area contributed by atoms with Crippen LogP contribution < -0.4 is 4.72 Å². The summed E-state index contributed by atoms with van der Waals surface area (Å²) in [4.78, 5) is 0. The third kappa shape index (κ3) is 4.81. The summed E-state index contributed by atoms with van der Waals surface area (Å²) in [6, 6.07) is 14.5. The Morgan fingerprint density at radius 1 is 1.06 bits per heavy atom. The van der Waals surface area contributed by atoms with Gasteiger partial charge in [0.2, 0.25) is 10.0 Å². The van der Waals surface area contributed by atoms with E-state index < -0.39 is 10.0 Å². The molecule has 0 unspecified atom stereocenters.